The zero-order valence-electron chi connectivity index (χ0n) is 21.8. The van der Waals surface area contributed by atoms with Crippen molar-refractivity contribution in [2.75, 3.05) is 21.8 Å². The van der Waals surface area contributed by atoms with Gasteiger partial charge in [0.2, 0.25) is 0 Å². The second kappa shape index (κ2) is 10.9. The molecule has 1 aliphatic rings. The minimum atomic E-state index is -4.85. The molecule has 42 heavy (non-hydrogen) atoms. The van der Waals surface area contributed by atoms with Crippen LogP contribution in [-0.4, -0.2) is 28.3 Å². The number of alkyl halides is 6. The van der Waals surface area contributed by atoms with Gasteiger partial charge in [0, 0.05) is 11.4 Å². The number of halogens is 6. The summed E-state index contributed by atoms with van der Waals surface area (Å²) in [4.78, 5) is 7.40. The van der Waals surface area contributed by atoms with Gasteiger partial charge >= 0.3 is 12.4 Å². The number of nitrogens with one attached hydrogen (secondary N) is 1. The molecule has 0 aliphatic carbocycles. The number of rotatable bonds is 5. The van der Waals surface area contributed by atoms with Gasteiger partial charge in [-0.25, -0.2) is 4.99 Å². The molecule has 0 unspecified atom stereocenters. The molecule has 0 saturated carbocycles. The summed E-state index contributed by atoms with van der Waals surface area (Å²) in [6.07, 6.45) is -9.62. The number of amidine groups is 1. The average molecular weight is 603 g/mol. The van der Waals surface area contributed by atoms with Crippen molar-refractivity contribution in [1.82, 2.24) is 0 Å². The molecule has 3 aromatic rings. The van der Waals surface area contributed by atoms with Crippen LogP contribution in [0.5, 0.6) is 5.75 Å². The predicted octanol–water partition coefficient (Wildman–Crippen LogP) is 7.03. The standard InChI is InChI=1S/C28H20F6N6OS/c1-26(2)24(38-15-37-18-5-3-16(13-35)22(11-18)27(29,30)31)39(25(42)40(26)19-7-9-21(41)10-8-19)20-6-4-17(14-36)23(12-20)28(32,33)34/h3-12,37,41H,15H2,1-2H3/b38-24+. The fourth-order valence-corrected chi connectivity index (χ4v) is 5.06. The van der Waals surface area contributed by atoms with Gasteiger partial charge < -0.3 is 15.3 Å². The summed E-state index contributed by atoms with van der Waals surface area (Å²) in [6.45, 7) is 3.08. The Morgan fingerprint density at radius 2 is 1.38 bits per heavy atom. The monoisotopic (exact) mass is 602 g/mol. The molecule has 1 heterocycles. The van der Waals surface area contributed by atoms with Gasteiger partial charge in [0.25, 0.3) is 0 Å². The number of benzene rings is 3. The van der Waals surface area contributed by atoms with Crippen LogP contribution in [0, 0.1) is 22.7 Å². The number of aliphatic imine (C=N–C) groups is 1. The topological polar surface area (TPSA) is 98.7 Å². The molecule has 0 atom stereocenters. The van der Waals surface area contributed by atoms with Crippen LogP contribution >= 0.6 is 12.2 Å². The molecule has 7 nitrogen and oxygen atoms in total. The van der Waals surface area contributed by atoms with E-state index in [1.807, 2.05) is 0 Å². The summed E-state index contributed by atoms with van der Waals surface area (Å²) < 4.78 is 81.7. The Morgan fingerprint density at radius 3 is 1.93 bits per heavy atom. The lowest BCUT2D eigenvalue weighted by Gasteiger charge is -2.31. The van der Waals surface area contributed by atoms with Crippen LogP contribution in [0.1, 0.15) is 36.1 Å². The van der Waals surface area contributed by atoms with Gasteiger partial charge in [-0.1, -0.05) is 0 Å². The fraction of sp³-hybridized carbons (Fsp3) is 0.214. The summed E-state index contributed by atoms with van der Waals surface area (Å²) in [5, 5.41) is 30.8. The van der Waals surface area contributed by atoms with E-state index in [0.717, 1.165) is 24.3 Å². The second-order valence-electron chi connectivity index (χ2n) is 9.55. The first kappa shape index (κ1) is 30.1. The van der Waals surface area contributed by atoms with Crippen LogP contribution in [0.25, 0.3) is 0 Å². The summed E-state index contributed by atoms with van der Waals surface area (Å²) in [7, 11) is 0. The molecule has 0 radical (unpaired) electrons. The van der Waals surface area contributed by atoms with Crippen LogP contribution in [0.3, 0.4) is 0 Å². The van der Waals surface area contributed by atoms with Crippen LogP contribution < -0.4 is 15.1 Å². The van der Waals surface area contributed by atoms with E-state index in [1.165, 1.54) is 41.3 Å². The molecule has 1 saturated heterocycles. The maximum Gasteiger partial charge on any atom is 0.417 e. The lowest BCUT2D eigenvalue weighted by molar-refractivity contribution is -0.138. The zero-order chi connectivity index (χ0) is 31.0. The Morgan fingerprint density at radius 1 is 0.857 bits per heavy atom. The van der Waals surface area contributed by atoms with Gasteiger partial charge in [-0.2, -0.15) is 36.9 Å². The van der Waals surface area contributed by atoms with Crippen LogP contribution in [0.4, 0.5) is 43.4 Å². The number of hydrogen-bond donors (Lipinski definition) is 2. The molecule has 216 valence electrons. The highest BCUT2D eigenvalue weighted by atomic mass is 32.1. The highest BCUT2D eigenvalue weighted by Gasteiger charge is 2.49. The smallest absolute Gasteiger partial charge is 0.417 e. The molecule has 0 aromatic heterocycles. The minimum Gasteiger partial charge on any atom is -0.508 e. The third-order valence-electron chi connectivity index (χ3n) is 6.45. The van der Waals surface area contributed by atoms with E-state index in [9.17, 15) is 36.7 Å². The normalized spacial score (nSPS) is 16.0. The van der Waals surface area contributed by atoms with E-state index >= 15 is 0 Å². The molecule has 14 heteroatoms. The van der Waals surface area contributed by atoms with E-state index in [1.54, 1.807) is 30.9 Å². The molecule has 0 amide bonds. The molecular formula is C28H20F6N6OS. The number of nitrogens with zero attached hydrogens (tertiary/aromatic N) is 5. The first-order valence-electron chi connectivity index (χ1n) is 12.0. The van der Waals surface area contributed by atoms with Crippen molar-refractivity contribution in [3.05, 3.63) is 82.9 Å². The first-order chi connectivity index (χ1) is 19.6. The van der Waals surface area contributed by atoms with Gasteiger partial charge in [-0.15, -0.1) is 0 Å². The number of nitriles is 2. The molecule has 0 bridgehead atoms. The van der Waals surface area contributed by atoms with Crippen molar-refractivity contribution in [3.63, 3.8) is 0 Å². The lowest BCUT2D eigenvalue weighted by atomic mass is 10.0. The number of aromatic hydroxyl groups is 1. The molecule has 4 rings (SSSR count). The fourth-order valence-electron chi connectivity index (χ4n) is 4.53. The number of anilines is 3. The Bertz CT molecular complexity index is 1650. The van der Waals surface area contributed by atoms with Gasteiger partial charge in [-0.3, -0.25) is 4.90 Å². The van der Waals surface area contributed by atoms with Crippen LogP contribution in [-0.2, 0) is 12.4 Å². The maximum atomic E-state index is 13.8. The van der Waals surface area contributed by atoms with E-state index in [0.29, 0.717) is 5.69 Å². The molecule has 0 spiro atoms. The van der Waals surface area contributed by atoms with Crippen molar-refractivity contribution >= 4 is 40.2 Å². The minimum absolute atomic E-state index is 0.00345. The second-order valence-corrected chi connectivity index (χ2v) is 9.92. The van der Waals surface area contributed by atoms with E-state index in [-0.39, 0.29) is 34.7 Å². The van der Waals surface area contributed by atoms with E-state index in [4.69, 9.17) is 17.5 Å². The van der Waals surface area contributed by atoms with E-state index in [2.05, 4.69) is 10.3 Å². The highest BCUT2D eigenvalue weighted by molar-refractivity contribution is 7.81. The number of phenolic OH excluding ortho intramolecular Hbond substituents is 1. The Kier molecular flexibility index (Phi) is 7.80. The largest absolute Gasteiger partial charge is 0.508 e. The molecule has 2 N–H and O–H groups in total. The maximum absolute atomic E-state index is 13.8. The van der Waals surface area contributed by atoms with Crippen LogP contribution in [0.15, 0.2) is 65.7 Å². The van der Waals surface area contributed by atoms with E-state index < -0.39 is 40.1 Å². The van der Waals surface area contributed by atoms with Crippen molar-refractivity contribution in [2.24, 2.45) is 4.99 Å². The summed E-state index contributed by atoms with van der Waals surface area (Å²) in [6, 6.07) is 15.1. The third kappa shape index (κ3) is 5.66. The molecule has 1 fully saturated rings. The van der Waals surface area contributed by atoms with Gasteiger partial charge in [0.05, 0.1) is 45.6 Å². The average Bonchev–Trinajstić information content (AvgIpc) is 3.12. The Hall–Kier alpha value is -4.82. The number of hydrogen-bond acceptors (Lipinski definition) is 6. The van der Waals surface area contributed by atoms with Gasteiger partial charge in [0.1, 0.15) is 18.3 Å². The predicted molar refractivity (Wildman–Crippen MR) is 148 cm³/mol. The third-order valence-corrected chi connectivity index (χ3v) is 6.82. The zero-order valence-corrected chi connectivity index (χ0v) is 22.7. The quantitative estimate of drug-likeness (QED) is 0.239. The Balaban J connectivity index is 1.80. The number of thiocarbonyl (C=S) groups is 1. The number of phenols is 1. The highest BCUT2D eigenvalue weighted by Crippen LogP contribution is 2.40. The summed E-state index contributed by atoms with van der Waals surface area (Å²) in [5.74, 6) is 0.120. The molecule has 3 aromatic carbocycles. The van der Waals surface area contributed by atoms with Crippen LogP contribution in [0.2, 0.25) is 0 Å². The van der Waals surface area contributed by atoms with Crippen molar-refractivity contribution in [3.8, 4) is 17.9 Å². The lowest BCUT2D eigenvalue weighted by Crippen LogP contribution is -2.44. The van der Waals surface area contributed by atoms with Crippen molar-refractivity contribution in [1.29, 1.82) is 10.5 Å². The van der Waals surface area contributed by atoms with Crippen molar-refractivity contribution < 1.29 is 31.4 Å². The van der Waals surface area contributed by atoms with Gasteiger partial charge in [0.15, 0.2) is 5.11 Å². The molecular weight excluding hydrogens is 582 g/mol. The summed E-state index contributed by atoms with van der Waals surface area (Å²) >= 11 is 5.70. The first-order valence-corrected chi connectivity index (χ1v) is 12.4. The summed E-state index contributed by atoms with van der Waals surface area (Å²) in [5.41, 5.74) is -4.13. The molecule has 1 aliphatic heterocycles. The Labute approximate surface area is 241 Å². The van der Waals surface area contributed by atoms with Gasteiger partial charge in [-0.05, 0) is 86.7 Å². The van der Waals surface area contributed by atoms with Crippen molar-refractivity contribution in [2.45, 2.75) is 31.7 Å². The SMILES string of the molecule is CC1(C)/C(=N\CNc2ccc(C#N)c(C(F)(F)F)c2)N(c2ccc(C#N)c(C(F)(F)F)c2)C(=S)N1c1ccc(O)cc1.